The summed E-state index contributed by atoms with van der Waals surface area (Å²) < 4.78 is 2.96. The third-order valence-electron chi connectivity index (χ3n) is 2.74. The first kappa shape index (κ1) is 12.3. The lowest BCUT2D eigenvalue weighted by atomic mass is 10.1. The standard InChI is InChI=1S/C13H16BrN3/c1-10(12-5-3-4-6-13(12)14)15-7-11-8-16-17(2)9-11/h3-6,8-10,15H,7H2,1-2H3/t10-/m1/s1. The van der Waals surface area contributed by atoms with Gasteiger partial charge in [-0.3, -0.25) is 4.68 Å². The molecule has 0 unspecified atom stereocenters. The minimum atomic E-state index is 0.311. The van der Waals surface area contributed by atoms with Gasteiger partial charge in [-0.05, 0) is 18.6 Å². The van der Waals surface area contributed by atoms with Crippen LogP contribution < -0.4 is 5.32 Å². The van der Waals surface area contributed by atoms with Crippen LogP contribution in [0.4, 0.5) is 0 Å². The molecule has 0 aliphatic heterocycles. The van der Waals surface area contributed by atoms with Crippen molar-refractivity contribution in [2.24, 2.45) is 7.05 Å². The van der Waals surface area contributed by atoms with Crippen molar-refractivity contribution in [2.75, 3.05) is 0 Å². The van der Waals surface area contributed by atoms with E-state index in [0.29, 0.717) is 6.04 Å². The molecule has 0 spiro atoms. The predicted octanol–water partition coefficient (Wildman–Crippen LogP) is 3.03. The minimum absolute atomic E-state index is 0.311. The molecule has 0 radical (unpaired) electrons. The van der Waals surface area contributed by atoms with Crippen molar-refractivity contribution in [3.05, 3.63) is 52.3 Å². The Morgan fingerprint density at radius 2 is 2.18 bits per heavy atom. The van der Waals surface area contributed by atoms with Gasteiger partial charge >= 0.3 is 0 Å². The second kappa shape index (κ2) is 5.47. The smallest absolute Gasteiger partial charge is 0.0534 e. The fraction of sp³-hybridized carbons (Fsp3) is 0.308. The van der Waals surface area contributed by atoms with Gasteiger partial charge < -0.3 is 5.32 Å². The van der Waals surface area contributed by atoms with Crippen LogP contribution in [0.15, 0.2) is 41.1 Å². The van der Waals surface area contributed by atoms with Gasteiger partial charge in [0.2, 0.25) is 0 Å². The van der Waals surface area contributed by atoms with E-state index in [4.69, 9.17) is 0 Å². The molecule has 0 saturated heterocycles. The maximum atomic E-state index is 4.15. The van der Waals surface area contributed by atoms with Gasteiger partial charge in [0, 0.05) is 35.9 Å². The number of benzene rings is 1. The molecule has 0 bridgehead atoms. The van der Waals surface area contributed by atoms with E-state index in [2.05, 4.69) is 51.5 Å². The second-order valence-electron chi connectivity index (χ2n) is 4.15. The molecule has 0 fully saturated rings. The van der Waals surface area contributed by atoms with Gasteiger partial charge in [-0.2, -0.15) is 5.10 Å². The number of rotatable bonds is 4. The van der Waals surface area contributed by atoms with Crippen LogP contribution in [0, 0.1) is 0 Å². The molecule has 1 aromatic heterocycles. The summed E-state index contributed by atoms with van der Waals surface area (Å²) in [5, 5.41) is 7.64. The van der Waals surface area contributed by atoms with E-state index < -0.39 is 0 Å². The number of nitrogens with one attached hydrogen (secondary N) is 1. The monoisotopic (exact) mass is 293 g/mol. The van der Waals surface area contributed by atoms with Crippen LogP contribution in [-0.4, -0.2) is 9.78 Å². The highest BCUT2D eigenvalue weighted by Gasteiger charge is 2.08. The average Bonchev–Trinajstić information content (AvgIpc) is 2.73. The second-order valence-corrected chi connectivity index (χ2v) is 5.00. The number of nitrogens with zero attached hydrogens (tertiary/aromatic N) is 2. The summed E-state index contributed by atoms with van der Waals surface area (Å²) in [6.07, 6.45) is 3.92. The first-order valence-corrected chi connectivity index (χ1v) is 6.41. The first-order chi connectivity index (χ1) is 8.16. The molecular weight excluding hydrogens is 278 g/mol. The highest BCUT2D eigenvalue weighted by molar-refractivity contribution is 9.10. The SMILES string of the molecule is C[C@@H](NCc1cnn(C)c1)c1ccccc1Br. The Hall–Kier alpha value is -1.13. The zero-order chi connectivity index (χ0) is 12.3. The lowest BCUT2D eigenvalue weighted by Crippen LogP contribution is -2.18. The lowest BCUT2D eigenvalue weighted by molar-refractivity contribution is 0.572. The summed E-state index contributed by atoms with van der Waals surface area (Å²) in [4.78, 5) is 0. The molecule has 2 aromatic rings. The zero-order valence-electron chi connectivity index (χ0n) is 10.0. The van der Waals surface area contributed by atoms with Crippen molar-refractivity contribution < 1.29 is 0 Å². The number of halogens is 1. The third-order valence-corrected chi connectivity index (χ3v) is 3.46. The van der Waals surface area contributed by atoms with Gasteiger partial charge in [0.05, 0.1) is 6.20 Å². The van der Waals surface area contributed by atoms with E-state index in [1.807, 2.05) is 30.2 Å². The van der Waals surface area contributed by atoms with Gasteiger partial charge in [0.15, 0.2) is 0 Å². The highest BCUT2D eigenvalue weighted by Crippen LogP contribution is 2.22. The minimum Gasteiger partial charge on any atom is -0.306 e. The highest BCUT2D eigenvalue weighted by atomic mass is 79.9. The first-order valence-electron chi connectivity index (χ1n) is 5.62. The molecule has 1 N–H and O–H groups in total. The molecule has 90 valence electrons. The molecule has 0 saturated carbocycles. The van der Waals surface area contributed by atoms with Crippen LogP contribution in [0.25, 0.3) is 0 Å². The Morgan fingerprint density at radius 3 is 2.82 bits per heavy atom. The molecule has 3 nitrogen and oxygen atoms in total. The summed E-state index contributed by atoms with van der Waals surface area (Å²) in [6.45, 7) is 2.99. The Kier molecular flexibility index (Phi) is 3.97. The van der Waals surface area contributed by atoms with Gasteiger partial charge in [-0.25, -0.2) is 0 Å². The molecule has 0 aliphatic rings. The van der Waals surface area contributed by atoms with Gasteiger partial charge in [0.25, 0.3) is 0 Å². The van der Waals surface area contributed by atoms with E-state index in [9.17, 15) is 0 Å². The summed E-state index contributed by atoms with van der Waals surface area (Å²) in [5.41, 5.74) is 2.47. The summed E-state index contributed by atoms with van der Waals surface area (Å²) >= 11 is 3.57. The van der Waals surface area contributed by atoms with Crippen LogP contribution in [-0.2, 0) is 13.6 Å². The predicted molar refractivity (Wildman–Crippen MR) is 72.6 cm³/mol. The molecular formula is C13H16BrN3. The third kappa shape index (κ3) is 3.17. The molecule has 1 aromatic carbocycles. The summed E-state index contributed by atoms with van der Waals surface area (Å²) in [7, 11) is 1.93. The number of aryl methyl sites for hydroxylation is 1. The van der Waals surface area contributed by atoms with Crippen molar-refractivity contribution >= 4 is 15.9 Å². The molecule has 0 aliphatic carbocycles. The van der Waals surface area contributed by atoms with Gasteiger partial charge in [-0.1, -0.05) is 34.1 Å². The maximum Gasteiger partial charge on any atom is 0.0534 e. The quantitative estimate of drug-likeness (QED) is 0.939. The van der Waals surface area contributed by atoms with Crippen molar-refractivity contribution in [3.63, 3.8) is 0 Å². The summed E-state index contributed by atoms with van der Waals surface area (Å²) in [6, 6.07) is 8.59. The van der Waals surface area contributed by atoms with Crippen molar-refractivity contribution in [3.8, 4) is 0 Å². The van der Waals surface area contributed by atoms with E-state index >= 15 is 0 Å². The Bertz CT molecular complexity index is 493. The van der Waals surface area contributed by atoms with E-state index in [0.717, 1.165) is 11.0 Å². The Morgan fingerprint density at radius 1 is 1.41 bits per heavy atom. The number of aromatic nitrogens is 2. The topological polar surface area (TPSA) is 29.9 Å². The molecule has 0 amide bonds. The van der Waals surface area contributed by atoms with E-state index in [1.54, 1.807) is 0 Å². The fourth-order valence-corrected chi connectivity index (χ4v) is 2.40. The lowest BCUT2D eigenvalue weighted by Gasteiger charge is -2.15. The molecule has 4 heteroatoms. The maximum absolute atomic E-state index is 4.15. The zero-order valence-corrected chi connectivity index (χ0v) is 11.6. The molecule has 1 heterocycles. The van der Waals surface area contributed by atoms with Crippen molar-refractivity contribution in [1.29, 1.82) is 0 Å². The van der Waals surface area contributed by atoms with Gasteiger partial charge in [0.1, 0.15) is 0 Å². The van der Waals surface area contributed by atoms with E-state index in [1.165, 1.54) is 11.1 Å². The summed E-state index contributed by atoms with van der Waals surface area (Å²) in [5.74, 6) is 0. The van der Waals surface area contributed by atoms with Crippen molar-refractivity contribution in [2.45, 2.75) is 19.5 Å². The van der Waals surface area contributed by atoms with Crippen LogP contribution in [0.1, 0.15) is 24.1 Å². The van der Waals surface area contributed by atoms with Gasteiger partial charge in [-0.15, -0.1) is 0 Å². The molecule has 17 heavy (non-hydrogen) atoms. The average molecular weight is 294 g/mol. The molecule has 2 rings (SSSR count). The number of hydrogen-bond donors (Lipinski definition) is 1. The Labute approximate surface area is 110 Å². The van der Waals surface area contributed by atoms with E-state index in [-0.39, 0.29) is 0 Å². The van der Waals surface area contributed by atoms with Crippen LogP contribution in [0.5, 0.6) is 0 Å². The van der Waals surface area contributed by atoms with Crippen LogP contribution in [0.2, 0.25) is 0 Å². The Balaban J connectivity index is 1.98. The largest absolute Gasteiger partial charge is 0.306 e. The normalized spacial score (nSPS) is 12.6. The van der Waals surface area contributed by atoms with Crippen LogP contribution in [0.3, 0.4) is 0 Å². The van der Waals surface area contributed by atoms with Crippen molar-refractivity contribution in [1.82, 2.24) is 15.1 Å². The number of hydrogen-bond acceptors (Lipinski definition) is 2. The fourth-order valence-electron chi connectivity index (χ4n) is 1.77. The van der Waals surface area contributed by atoms with Crippen LogP contribution >= 0.6 is 15.9 Å². The molecule has 1 atom stereocenters.